The molecule has 0 amide bonds. The fraction of sp³-hybridized carbons (Fsp3) is 1.00. The van der Waals surface area contributed by atoms with Crippen molar-refractivity contribution in [1.29, 1.82) is 0 Å². The van der Waals surface area contributed by atoms with Gasteiger partial charge in [-0.2, -0.15) is 12.6 Å². The molecular formula is C8H17NS. The number of thiol groups is 1. The van der Waals surface area contributed by atoms with E-state index in [-0.39, 0.29) is 0 Å². The average molecular weight is 159 g/mol. The smallest absolute Gasteiger partial charge is 0.0504 e. The first kappa shape index (κ1) is 8.41. The summed E-state index contributed by atoms with van der Waals surface area (Å²) in [4.78, 5) is 2.45. The Labute approximate surface area is 69.2 Å². The molecule has 2 heteroatoms. The summed E-state index contributed by atoms with van der Waals surface area (Å²) in [5, 5.41) is 0.414. The van der Waals surface area contributed by atoms with E-state index in [1.807, 2.05) is 0 Å². The van der Waals surface area contributed by atoms with Gasteiger partial charge in [-0.3, -0.25) is 4.90 Å². The van der Waals surface area contributed by atoms with Crippen LogP contribution in [0.15, 0.2) is 0 Å². The van der Waals surface area contributed by atoms with Crippen LogP contribution in [0.2, 0.25) is 0 Å². The zero-order valence-electron chi connectivity index (χ0n) is 7.09. The van der Waals surface area contributed by atoms with Crippen molar-refractivity contribution in [3.05, 3.63) is 0 Å². The molecule has 1 heterocycles. The monoisotopic (exact) mass is 159 g/mol. The predicted octanol–water partition coefficient (Wildman–Crippen LogP) is 2.14. The van der Waals surface area contributed by atoms with Crippen molar-refractivity contribution in [3.8, 4) is 0 Å². The minimum atomic E-state index is 0.390. The van der Waals surface area contributed by atoms with Crippen molar-refractivity contribution in [2.75, 3.05) is 6.54 Å². The first-order chi connectivity index (χ1) is 4.54. The van der Waals surface area contributed by atoms with Crippen LogP contribution in [-0.2, 0) is 0 Å². The van der Waals surface area contributed by atoms with E-state index in [1.165, 1.54) is 19.4 Å². The Balaban J connectivity index is 2.59. The van der Waals surface area contributed by atoms with E-state index in [2.05, 4.69) is 38.3 Å². The highest BCUT2D eigenvalue weighted by Crippen LogP contribution is 2.30. The maximum Gasteiger partial charge on any atom is 0.0504 e. The molecule has 0 N–H and O–H groups in total. The molecule has 60 valence electrons. The van der Waals surface area contributed by atoms with Crippen LogP contribution in [0.1, 0.15) is 33.6 Å². The topological polar surface area (TPSA) is 3.24 Å². The summed E-state index contributed by atoms with van der Waals surface area (Å²) in [5.41, 5.74) is 0.390. The zero-order chi connectivity index (χ0) is 7.78. The largest absolute Gasteiger partial charge is 0.287 e. The minimum absolute atomic E-state index is 0.390. The lowest BCUT2D eigenvalue weighted by molar-refractivity contribution is 0.169. The second kappa shape index (κ2) is 2.74. The summed E-state index contributed by atoms with van der Waals surface area (Å²) in [7, 11) is 0. The van der Waals surface area contributed by atoms with Crippen molar-refractivity contribution in [3.63, 3.8) is 0 Å². The molecule has 10 heavy (non-hydrogen) atoms. The van der Waals surface area contributed by atoms with E-state index in [0.717, 1.165) is 0 Å². The van der Waals surface area contributed by atoms with Crippen LogP contribution in [0, 0.1) is 0 Å². The van der Waals surface area contributed by atoms with Crippen molar-refractivity contribution < 1.29 is 0 Å². The number of hydrogen-bond donors (Lipinski definition) is 1. The van der Waals surface area contributed by atoms with E-state index in [4.69, 9.17) is 0 Å². The molecule has 0 radical (unpaired) electrons. The van der Waals surface area contributed by atoms with Crippen LogP contribution in [0.5, 0.6) is 0 Å². The van der Waals surface area contributed by atoms with E-state index < -0.39 is 0 Å². The summed E-state index contributed by atoms with van der Waals surface area (Å²) in [5.74, 6) is 0. The summed E-state index contributed by atoms with van der Waals surface area (Å²) >= 11 is 4.43. The molecule has 1 unspecified atom stereocenters. The van der Waals surface area contributed by atoms with Gasteiger partial charge in [-0.15, -0.1) is 0 Å². The minimum Gasteiger partial charge on any atom is -0.287 e. The van der Waals surface area contributed by atoms with Gasteiger partial charge in [0.15, 0.2) is 0 Å². The molecule has 1 nitrogen and oxygen atoms in total. The highest BCUT2D eigenvalue weighted by molar-refractivity contribution is 7.80. The maximum absolute atomic E-state index is 4.43. The lowest BCUT2D eigenvalue weighted by atomic mass is 10.0. The molecule has 1 fully saturated rings. The molecule has 0 aromatic carbocycles. The van der Waals surface area contributed by atoms with E-state index in [1.54, 1.807) is 0 Å². The van der Waals surface area contributed by atoms with Gasteiger partial charge in [0.05, 0.1) is 5.37 Å². The zero-order valence-corrected chi connectivity index (χ0v) is 7.99. The molecule has 1 rings (SSSR count). The quantitative estimate of drug-likeness (QED) is 0.574. The van der Waals surface area contributed by atoms with Crippen molar-refractivity contribution >= 4 is 12.6 Å². The van der Waals surface area contributed by atoms with Gasteiger partial charge < -0.3 is 0 Å². The van der Waals surface area contributed by atoms with Crippen LogP contribution < -0.4 is 0 Å². The number of hydrogen-bond acceptors (Lipinski definition) is 2. The van der Waals surface area contributed by atoms with Crippen LogP contribution in [-0.4, -0.2) is 22.4 Å². The molecule has 0 bridgehead atoms. The number of nitrogens with zero attached hydrogens (tertiary/aromatic N) is 1. The van der Waals surface area contributed by atoms with E-state index >= 15 is 0 Å². The predicted molar refractivity (Wildman–Crippen MR) is 48.5 cm³/mol. The van der Waals surface area contributed by atoms with Crippen LogP contribution in [0.3, 0.4) is 0 Å². The van der Waals surface area contributed by atoms with Crippen LogP contribution >= 0.6 is 12.6 Å². The lowest BCUT2D eigenvalue weighted by Gasteiger charge is -2.34. The molecule has 1 atom stereocenters. The Kier molecular flexibility index (Phi) is 2.31. The van der Waals surface area contributed by atoms with Gasteiger partial charge in [0.2, 0.25) is 0 Å². The lowest BCUT2D eigenvalue weighted by Crippen LogP contribution is -2.41. The molecule has 0 aliphatic carbocycles. The summed E-state index contributed by atoms with van der Waals surface area (Å²) in [6.45, 7) is 7.97. The number of likely N-dealkylation sites (tertiary alicyclic amines) is 1. The molecule has 0 saturated carbocycles. The van der Waals surface area contributed by atoms with Crippen molar-refractivity contribution in [2.45, 2.75) is 44.5 Å². The van der Waals surface area contributed by atoms with Gasteiger partial charge in [-0.1, -0.05) is 0 Å². The molecule has 0 spiro atoms. The molecule has 1 aliphatic rings. The van der Waals surface area contributed by atoms with Crippen molar-refractivity contribution in [2.24, 2.45) is 0 Å². The molecule has 0 aromatic heterocycles. The first-order valence-corrected chi connectivity index (χ1v) is 4.50. The fourth-order valence-electron chi connectivity index (χ4n) is 1.82. The Morgan fingerprint density at radius 3 is 2.30 bits per heavy atom. The third kappa shape index (κ3) is 1.48. The van der Waals surface area contributed by atoms with Crippen LogP contribution in [0.4, 0.5) is 0 Å². The molecular weight excluding hydrogens is 142 g/mol. The van der Waals surface area contributed by atoms with Gasteiger partial charge >= 0.3 is 0 Å². The summed E-state index contributed by atoms with van der Waals surface area (Å²) in [6.07, 6.45) is 2.65. The van der Waals surface area contributed by atoms with Crippen molar-refractivity contribution in [1.82, 2.24) is 4.90 Å². The standard InChI is InChI=1S/C8H17NS/c1-7(10)9-6-4-5-8(9,2)3/h7,10H,4-6H2,1-3H3. The van der Waals surface area contributed by atoms with E-state index in [9.17, 15) is 0 Å². The Bertz CT molecular complexity index is 120. The fourth-order valence-corrected chi connectivity index (χ4v) is 2.25. The second-order valence-corrected chi connectivity index (χ2v) is 4.49. The van der Waals surface area contributed by atoms with Gasteiger partial charge in [0, 0.05) is 5.54 Å². The third-order valence-corrected chi connectivity index (χ3v) is 2.69. The number of rotatable bonds is 1. The Morgan fingerprint density at radius 2 is 2.10 bits per heavy atom. The normalized spacial score (nSPS) is 28.8. The Morgan fingerprint density at radius 1 is 1.50 bits per heavy atom. The van der Waals surface area contributed by atoms with Gasteiger partial charge in [0.1, 0.15) is 0 Å². The molecule has 0 aromatic rings. The second-order valence-electron chi connectivity index (χ2n) is 3.74. The molecule has 1 saturated heterocycles. The van der Waals surface area contributed by atoms with Gasteiger partial charge in [-0.25, -0.2) is 0 Å². The van der Waals surface area contributed by atoms with Crippen LogP contribution in [0.25, 0.3) is 0 Å². The summed E-state index contributed by atoms with van der Waals surface area (Å²) in [6, 6.07) is 0. The first-order valence-electron chi connectivity index (χ1n) is 3.99. The Hall–Kier alpha value is 0.310. The third-order valence-electron chi connectivity index (χ3n) is 2.42. The highest BCUT2D eigenvalue weighted by Gasteiger charge is 2.33. The summed E-state index contributed by atoms with van der Waals surface area (Å²) < 4.78 is 0. The maximum atomic E-state index is 4.43. The molecule has 1 aliphatic heterocycles. The SMILES string of the molecule is CC(S)N1CCCC1(C)C. The average Bonchev–Trinajstić information content (AvgIpc) is 2.08. The van der Waals surface area contributed by atoms with E-state index in [0.29, 0.717) is 10.9 Å². The highest BCUT2D eigenvalue weighted by atomic mass is 32.1. The van der Waals surface area contributed by atoms with Gasteiger partial charge in [0.25, 0.3) is 0 Å². The van der Waals surface area contributed by atoms with Gasteiger partial charge in [-0.05, 0) is 40.2 Å².